The molecule has 0 amide bonds. The highest BCUT2D eigenvalue weighted by Crippen LogP contribution is 2.39. The van der Waals surface area contributed by atoms with Gasteiger partial charge in [-0.25, -0.2) is 9.97 Å². The fraction of sp³-hybridized carbons (Fsp3) is 0. The highest BCUT2D eigenvalue weighted by Gasteiger charge is 2.18. The summed E-state index contributed by atoms with van der Waals surface area (Å²) in [6, 6.07) is 50.8. The molecule has 0 fully saturated rings. The molecule has 200 valence electrons. The van der Waals surface area contributed by atoms with Crippen molar-refractivity contribution in [1.82, 2.24) is 9.97 Å². The summed E-state index contributed by atoms with van der Waals surface area (Å²) in [5, 5.41) is 8.23. The van der Waals surface area contributed by atoms with E-state index >= 15 is 0 Å². The Bertz CT molecular complexity index is 2490. The van der Waals surface area contributed by atoms with Gasteiger partial charge in [0.25, 0.3) is 0 Å². The van der Waals surface area contributed by atoms with Gasteiger partial charge in [0.05, 0.1) is 11.2 Å². The van der Waals surface area contributed by atoms with E-state index in [1.54, 1.807) is 0 Å². The van der Waals surface area contributed by atoms with Gasteiger partial charge in [0.1, 0.15) is 5.52 Å². The zero-order valence-corrected chi connectivity index (χ0v) is 23.2. The Labute approximate surface area is 247 Å². The lowest BCUT2D eigenvalue weighted by Gasteiger charge is -2.11. The second-order valence-electron chi connectivity index (χ2n) is 11.0. The molecule has 9 rings (SSSR count). The van der Waals surface area contributed by atoms with Crippen molar-refractivity contribution in [2.24, 2.45) is 0 Å². The van der Waals surface area contributed by atoms with Crippen LogP contribution in [0.1, 0.15) is 0 Å². The summed E-state index contributed by atoms with van der Waals surface area (Å²) in [7, 11) is 0. The summed E-state index contributed by atoms with van der Waals surface area (Å²) in [6.07, 6.45) is 0. The summed E-state index contributed by atoms with van der Waals surface area (Å²) < 4.78 is 6.40. The molecule has 0 radical (unpaired) electrons. The first-order chi connectivity index (χ1) is 21.3. The van der Waals surface area contributed by atoms with Crippen LogP contribution in [0.2, 0.25) is 0 Å². The summed E-state index contributed by atoms with van der Waals surface area (Å²) in [6.45, 7) is 0. The molecular formula is C40H24N2O. The van der Waals surface area contributed by atoms with E-state index in [0.29, 0.717) is 5.89 Å². The Hall–Kier alpha value is -5.80. The van der Waals surface area contributed by atoms with Gasteiger partial charge in [0.2, 0.25) is 5.89 Å². The van der Waals surface area contributed by atoms with Crippen molar-refractivity contribution in [3.8, 4) is 33.8 Å². The third-order valence-corrected chi connectivity index (χ3v) is 8.48. The van der Waals surface area contributed by atoms with E-state index in [9.17, 15) is 0 Å². The average Bonchev–Trinajstić information content (AvgIpc) is 3.53. The van der Waals surface area contributed by atoms with E-state index in [1.807, 2.05) is 18.2 Å². The Morgan fingerprint density at radius 2 is 1.12 bits per heavy atom. The Balaban J connectivity index is 1.21. The predicted molar refractivity (Wildman–Crippen MR) is 178 cm³/mol. The van der Waals surface area contributed by atoms with Crippen molar-refractivity contribution in [3.05, 3.63) is 146 Å². The number of pyridine rings is 1. The van der Waals surface area contributed by atoms with Crippen LogP contribution < -0.4 is 0 Å². The van der Waals surface area contributed by atoms with E-state index in [-0.39, 0.29) is 0 Å². The van der Waals surface area contributed by atoms with E-state index in [1.165, 1.54) is 27.1 Å². The molecule has 2 aromatic heterocycles. The molecule has 2 heterocycles. The van der Waals surface area contributed by atoms with Gasteiger partial charge in [-0.05, 0) is 69.1 Å². The number of nitrogens with zero attached hydrogens (tertiary/aromatic N) is 2. The average molecular weight is 549 g/mol. The van der Waals surface area contributed by atoms with Gasteiger partial charge < -0.3 is 4.42 Å². The maximum absolute atomic E-state index is 6.40. The smallest absolute Gasteiger partial charge is 0.227 e. The van der Waals surface area contributed by atoms with Gasteiger partial charge in [-0.2, -0.15) is 0 Å². The molecule has 0 atom stereocenters. The summed E-state index contributed by atoms with van der Waals surface area (Å²) in [5.41, 5.74) is 7.92. The van der Waals surface area contributed by atoms with Gasteiger partial charge in [0, 0.05) is 27.3 Å². The molecule has 0 bridgehead atoms. The summed E-state index contributed by atoms with van der Waals surface area (Å²) in [5.74, 6) is 0.611. The minimum atomic E-state index is 0.611. The van der Waals surface area contributed by atoms with Crippen LogP contribution in [0.15, 0.2) is 150 Å². The topological polar surface area (TPSA) is 38.9 Å². The molecule has 0 spiro atoms. The maximum Gasteiger partial charge on any atom is 0.227 e. The first-order valence-corrected chi connectivity index (χ1v) is 14.5. The molecule has 3 nitrogen and oxygen atoms in total. The Morgan fingerprint density at radius 3 is 1.95 bits per heavy atom. The van der Waals surface area contributed by atoms with Crippen molar-refractivity contribution < 1.29 is 4.42 Å². The number of oxazole rings is 1. The van der Waals surface area contributed by atoms with E-state index in [4.69, 9.17) is 14.4 Å². The monoisotopic (exact) mass is 548 g/mol. The second kappa shape index (κ2) is 9.37. The second-order valence-corrected chi connectivity index (χ2v) is 11.0. The molecule has 43 heavy (non-hydrogen) atoms. The van der Waals surface area contributed by atoms with Crippen LogP contribution in [0.4, 0.5) is 0 Å². The van der Waals surface area contributed by atoms with Crippen molar-refractivity contribution in [2.75, 3.05) is 0 Å². The lowest BCUT2D eigenvalue weighted by atomic mass is 9.93. The first kappa shape index (κ1) is 23.9. The number of aromatic nitrogens is 2. The number of fused-ring (bicyclic) bond motifs is 8. The van der Waals surface area contributed by atoms with Crippen molar-refractivity contribution in [2.45, 2.75) is 0 Å². The maximum atomic E-state index is 6.40. The van der Waals surface area contributed by atoms with Crippen LogP contribution in [0.3, 0.4) is 0 Å². The van der Waals surface area contributed by atoms with Gasteiger partial charge >= 0.3 is 0 Å². The molecule has 7 aromatic carbocycles. The third-order valence-electron chi connectivity index (χ3n) is 8.48. The molecule has 3 heteroatoms. The molecule has 0 unspecified atom stereocenters. The van der Waals surface area contributed by atoms with Crippen LogP contribution in [0.25, 0.3) is 88.2 Å². The number of benzene rings is 7. The van der Waals surface area contributed by atoms with E-state index < -0.39 is 0 Å². The quantitative estimate of drug-likeness (QED) is 0.206. The largest absolute Gasteiger partial charge is 0.436 e. The Kier molecular flexibility index (Phi) is 5.20. The van der Waals surface area contributed by atoms with Crippen LogP contribution in [-0.2, 0) is 0 Å². The number of para-hydroxylation sites is 1. The zero-order valence-electron chi connectivity index (χ0n) is 23.2. The van der Waals surface area contributed by atoms with Gasteiger partial charge in [-0.1, -0.05) is 109 Å². The third kappa shape index (κ3) is 3.75. The lowest BCUT2D eigenvalue weighted by molar-refractivity contribution is 0.620. The summed E-state index contributed by atoms with van der Waals surface area (Å²) in [4.78, 5) is 10.2. The standard InChI is InChI=1S/C40H24N2O/c1-2-10-26(11-3-1)38-33-22-23-36-39(37(33)32-16-8-9-17-35(32)41-38)42-40(43-36)27-20-18-25(19-21-27)34-24-28-12-4-5-13-29(28)30-14-6-7-15-31(30)34/h1-24H. The van der Waals surface area contributed by atoms with Crippen LogP contribution >= 0.6 is 0 Å². The predicted octanol–water partition coefficient (Wildman–Crippen LogP) is 10.8. The minimum absolute atomic E-state index is 0.611. The van der Waals surface area contributed by atoms with Crippen molar-refractivity contribution in [1.29, 1.82) is 0 Å². The zero-order chi connectivity index (χ0) is 28.3. The fourth-order valence-electron chi connectivity index (χ4n) is 6.45. The summed E-state index contributed by atoms with van der Waals surface area (Å²) >= 11 is 0. The lowest BCUT2D eigenvalue weighted by Crippen LogP contribution is -1.90. The van der Waals surface area contributed by atoms with Crippen LogP contribution in [-0.4, -0.2) is 9.97 Å². The molecule has 0 N–H and O–H groups in total. The molecule has 0 aliphatic carbocycles. The molecule has 0 saturated carbocycles. The highest BCUT2D eigenvalue weighted by atomic mass is 16.3. The molecular weight excluding hydrogens is 524 g/mol. The van der Waals surface area contributed by atoms with Gasteiger partial charge in [0.15, 0.2) is 5.58 Å². The van der Waals surface area contributed by atoms with Crippen LogP contribution in [0.5, 0.6) is 0 Å². The molecule has 9 aromatic rings. The molecule has 0 aliphatic rings. The van der Waals surface area contributed by atoms with Crippen molar-refractivity contribution in [3.63, 3.8) is 0 Å². The normalized spacial score (nSPS) is 11.7. The number of rotatable bonds is 3. The number of hydrogen-bond donors (Lipinski definition) is 0. The molecule has 0 aliphatic heterocycles. The van der Waals surface area contributed by atoms with E-state index in [0.717, 1.165) is 55.2 Å². The fourth-order valence-corrected chi connectivity index (χ4v) is 6.45. The van der Waals surface area contributed by atoms with Gasteiger partial charge in [-0.3, -0.25) is 0 Å². The highest BCUT2D eigenvalue weighted by molar-refractivity contribution is 6.20. The molecule has 0 saturated heterocycles. The van der Waals surface area contributed by atoms with Crippen LogP contribution in [0, 0.1) is 0 Å². The Morgan fingerprint density at radius 1 is 0.442 bits per heavy atom. The van der Waals surface area contributed by atoms with Crippen molar-refractivity contribution >= 4 is 54.3 Å². The number of hydrogen-bond acceptors (Lipinski definition) is 3. The van der Waals surface area contributed by atoms with Gasteiger partial charge in [-0.15, -0.1) is 0 Å². The first-order valence-electron chi connectivity index (χ1n) is 14.5. The minimum Gasteiger partial charge on any atom is -0.436 e. The SMILES string of the molecule is c1ccc(-c2nc3ccccc3c3c2ccc2oc(-c4ccc(-c5cc6ccccc6c6ccccc56)cc4)nc23)cc1. The van der Waals surface area contributed by atoms with E-state index in [2.05, 4.69) is 127 Å².